The number of hydrogen-bond donors (Lipinski definition) is 2. The van der Waals surface area contributed by atoms with Crippen LogP contribution in [-0.4, -0.2) is 38.4 Å². The summed E-state index contributed by atoms with van der Waals surface area (Å²) in [5, 5.41) is 10.3. The SMILES string of the molecule is CCNC(=NCc1cc(C(C)C)no1)NCCCS(=O)(=O)Cc1ccccc1. The zero-order valence-electron chi connectivity index (χ0n) is 16.8. The molecule has 0 unspecified atom stereocenters. The summed E-state index contributed by atoms with van der Waals surface area (Å²) in [5.41, 5.74) is 1.73. The average molecular weight is 407 g/mol. The van der Waals surface area contributed by atoms with Gasteiger partial charge in [-0.15, -0.1) is 0 Å². The molecule has 1 aromatic carbocycles. The summed E-state index contributed by atoms with van der Waals surface area (Å²) in [6.07, 6.45) is 0.513. The van der Waals surface area contributed by atoms with Crippen LogP contribution in [0.4, 0.5) is 0 Å². The third-order valence-electron chi connectivity index (χ3n) is 4.06. The van der Waals surface area contributed by atoms with Crippen LogP contribution in [0.3, 0.4) is 0 Å². The van der Waals surface area contributed by atoms with Gasteiger partial charge in [-0.25, -0.2) is 13.4 Å². The van der Waals surface area contributed by atoms with Crippen molar-refractivity contribution in [1.29, 1.82) is 0 Å². The van der Waals surface area contributed by atoms with E-state index in [0.29, 0.717) is 43.7 Å². The lowest BCUT2D eigenvalue weighted by Crippen LogP contribution is -2.38. The second-order valence-electron chi connectivity index (χ2n) is 6.93. The number of hydrogen-bond acceptors (Lipinski definition) is 5. The van der Waals surface area contributed by atoms with Crippen molar-refractivity contribution in [3.63, 3.8) is 0 Å². The highest BCUT2D eigenvalue weighted by molar-refractivity contribution is 7.90. The zero-order valence-corrected chi connectivity index (χ0v) is 17.6. The maximum Gasteiger partial charge on any atom is 0.191 e. The number of sulfone groups is 1. The first-order valence-corrected chi connectivity index (χ1v) is 11.4. The standard InChI is InChI=1S/C20H30N4O3S/c1-4-21-20(23-14-18-13-19(16(2)3)24-27-18)22-11-8-12-28(25,26)15-17-9-6-5-7-10-17/h5-7,9-10,13,16H,4,8,11-12,14-15H2,1-3H3,(H2,21,22,23). The Balaban J connectivity index is 1.80. The molecule has 0 amide bonds. The Labute approximate surface area is 167 Å². The van der Waals surface area contributed by atoms with Crippen LogP contribution in [0.5, 0.6) is 0 Å². The number of guanidine groups is 1. The van der Waals surface area contributed by atoms with Crippen molar-refractivity contribution >= 4 is 15.8 Å². The molecule has 154 valence electrons. The molecular weight excluding hydrogens is 376 g/mol. The molecular formula is C20H30N4O3S. The molecule has 0 aliphatic rings. The third kappa shape index (κ3) is 7.72. The van der Waals surface area contributed by atoms with Crippen LogP contribution < -0.4 is 10.6 Å². The van der Waals surface area contributed by atoms with Crippen molar-refractivity contribution in [2.45, 2.75) is 45.4 Å². The third-order valence-corrected chi connectivity index (χ3v) is 5.74. The molecule has 7 nitrogen and oxygen atoms in total. The Morgan fingerprint density at radius 3 is 2.61 bits per heavy atom. The number of aliphatic imine (C=N–C) groups is 1. The Bertz CT molecular complexity index is 845. The summed E-state index contributed by atoms with van der Waals surface area (Å²) in [6, 6.07) is 11.2. The van der Waals surface area contributed by atoms with Gasteiger partial charge in [-0.1, -0.05) is 49.3 Å². The summed E-state index contributed by atoms with van der Waals surface area (Å²) in [5.74, 6) is 1.85. The molecule has 1 aromatic heterocycles. The molecule has 8 heteroatoms. The number of rotatable bonds is 10. The monoisotopic (exact) mass is 406 g/mol. The van der Waals surface area contributed by atoms with E-state index in [-0.39, 0.29) is 11.5 Å². The van der Waals surface area contributed by atoms with Gasteiger partial charge in [0.25, 0.3) is 0 Å². The van der Waals surface area contributed by atoms with Gasteiger partial charge in [0.2, 0.25) is 0 Å². The van der Waals surface area contributed by atoms with E-state index < -0.39 is 9.84 Å². The zero-order chi connectivity index (χ0) is 20.4. The van der Waals surface area contributed by atoms with Gasteiger partial charge in [0.05, 0.1) is 17.2 Å². The lowest BCUT2D eigenvalue weighted by Gasteiger charge is -2.11. The highest BCUT2D eigenvalue weighted by atomic mass is 32.2. The van der Waals surface area contributed by atoms with Gasteiger partial charge in [-0.2, -0.15) is 0 Å². The second kappa shape index (κ2) is 10.8. The van der Waals surface area contributed by atoms with Crippen LogP contribution in [-0.2, 0) is 22.1 Å². The molecule has 1 heterocycles. The quantitative estimate of drug-likeness (QED) is 0.358. The topological polar surface area (TPSA) is 96.6 Å². The molecule has 2 N–H and O–H groups in total. The molecule has 0 atom stereocenters. The highest BCUT2D eigenvalue weighted by Crippen LogP contribution is 2.14. The molecule has 0 saturated carbocycles. The molecule has 0 saturated heterocycles. The lowest BCUT2D eigenvalue weighted by molar-refractivity contribution is 0.376. The van der Waals surface area contributed by atoms with Crippen molar-refractivity contribution in [3.05, 3.63) is 53.4 Å². The van der Waals surface area contributed by atoms with Crippen LogP contribution in [0.2, 0.25) is 0 Å². The van der Waals surface area contributed by atoms with Gasteiger partial charge in [0.15, 0.2) is 21.6 Å². The van der Waals surface area contributed by atoms with E-state index in [0.717, 1.165) is 11.3 Å². The van der Waals surface area contributed by atoms with Gasteiger partial charge in [-0.3, -0.25) is 0 Å². The largest absolute Gasteiger partial charge is 0.359 e. The number of aromatic nitrogens is 1. The first-order valence-electron chi connectivity index (χ1n) is 9.61. The Kier molecular flexibility index (Phi) is 8.50. The average Bonchev–Trinajstić information content (AvgIpc) is 3.13. The minimum absolute atomic E-state index is 0.0751. The van der Waals surface area contributed by atoms with Crippen molar-refractivity contribution in [1.82, 2.24) is 15.8 Å². The van der Waals surface area contributed by atoms with Gasteiger partial charge < -0.3 is 15.2 Å². The molecule has 0 spiro atoms. The Hall–Kier alpha value is -2.35. The van der Waals surface area contributed by atoms with Crippen LogP contribution >= 0.6 is 0 Å². The molecule has 2 aromatic rings. The predicted molar refractivity (Wildman–Crippen MR) is 112 cm³/mol. The van der Waals surface area contributed by atoms with Crippen LogP contribution in [0.15, 0.2) is 45.9 Å². The molecule has 2 rings (SSSR count). The summed E-state index contributed by atoms with van der Waals surface area (Å²) in [4.78, 5) is 4.47. The molecule has 0 radical (unpaired) electrons. The smallest absolute Gasteiger partial charge is 0.191 e. The summed E-state index contributed by atoms with van der Waals surface area (Å²) < 4.78 is 29.8. The fourth-order valence-electron chi connectivity index (χ4n) is 2.57. The van der Waals surface area contributed by atoms with Crippen molar-refractivity contribution in [2.75, 3.05) is 18.8 Å². The summed E-state index contributed by atoms with van der Waals surface area (Å²) in [7, 11) is -3.13. The molecule has 0 bridgehead atoms. The molecule has 28 heavy (non-hydrogen) atoms. The van der Waals surface area contributed by atoms with E-state index in [4.69, 9.17) is 4.52 Å². The fraction of sp³-hybridized carbons (Fsp3) is 0.500. The molecule has 0 aliphatic heterocycles. The minimum atomic E-state index is -3.13. The minimum Gasteiger partial charge on any atom is -0.359 e. The second-order valence-corrected chi connectivity index (χ2v) is 9.11. The van der Waals surface area contributed by atoms with E-state index in [1.165, 1.54) is 0 Å². The van der Waals surface area contributed by atoms with Gasteiger partial charge in [0, 0.05) is 19.2 Å². The number of nitrogens with one attached hydrogen (secondary N) is 2. The van der Waals surface area contributed by atoms with Crippen molar-refractivity contribution in [3.8, 4) is 0 Å². The first kappa shape index (κ1) is 21.9. The highest BCUT2D eigenvalue weighted by Gasteiger charge is 2.12. The van der Waals surface area contributed by atoms with Crippen LogP contribution in [0, 0.1) is 0 Å². The van der Waals surface area contributed by atoms with E-state index in [9.17, 15) is 8.42 Å². The molecule has 0 aliphatic carbocycles. The predicted octanol–water partition coefficient (Wildman–Crippen LogP) is 2.86. The van der Waals surface area contributed by atoms with E-state index in [1.54, 1.807) is 0 Å². The summed E-state index contributed by atoms with van der Waals surface area (Å²) in [6.45, 7) is 7.71. The lowest BCUT2D eigenvalue weighted by atomic mass is 10.1. The van der Waals surface area contributed by atoms with E-state index in [1.807, 2.05) is 43.3 Å². The fourth-order valence-corrected chi connectivity index (χ4v) is 4.00. The van der Waals surface area contributed by atoms with Crippen molar-refractivity contribution in [2.24, 2.45) is 4.99 Å². The summed E-state index contributed by atoms with van der Waals surface area (Å²) >= 11 is 0. The van der Waals surface area contributed by atoms with Crippen molar-refractivity contribution < 1.29 is 12.9 Å². The number of benzene rings is 1. The maximum atomic E-state index is 12.2. The van der Waals surface area contributed by atoms with Crippen LogP contribution in [0.25, 0.3) is 0 Å². The van der Waals surface area contributed by atoms with Gasteiger partial charge in [0.1, 0.15) is 6.54 Å². The normalized spacial score (nSPS) is 12.4. The first-order chi connectivity index (χ1) is 13.4. The molecule has 0 fully saturated rings. The van der Waals surface area contributed by atoms with E-state index in [2.05, 4.69) is 34.6 Å². The Morgan fingerprint density at radius 1 is 1.21 bits per heavy atom. The van der Waals surface area contributed by atoms with Crippen LogP contribution in [0.1, 0.15) is 50.1 Å². The maximum absolute atomic E-state index is 12.2. The number of nitrogens with zero attached hydrogens (tertiary/aromatic N) is 2. The Morgan fingerprint density at radius 2 is 1.96 bits per heavy atom. The van der Waals surface area contributed by atoms with Gasteiger partial charge >= 0.3 is 0 Å². The van der Waals surface area contributed by atoms with E-state index >= 15 is 0 Å². The van der Waals surface area contributed by atoms with Gasteiger partial charge in [-0.05, 0) is 24.8 Å².